The number of hydrogen-bond donors (Lipinski definition) is 1. The Hall–Kier alpha value is -2.37. The number of piperidine rings is 1. The first-order chi connectivity index (χ1) is 10.6. The van der Waals surface area contributed by atoms with Crippen molar-refractivity contribution < 1.29 is 14.1 Å². The van der Waals surface area contributed by atoms with Gasteiger partial charge in [-0.15, -0.1) is 0 Å². The molecule has 1 aliphatic heterocycles. The zero-order valence-electron chi connectivity index (χ0n) is 12.9. The number of benzene rings is 1. The predicted molar refractivity (Wildman–Crippen MR) is 80.6 cm³/mol. The van der Waals surface area contributed by atoms with Gasteiger partial charge in [0.25, 0.3) is 0 Å². The van der Waals surface area contributed by atoms with Gasteiger partial charge in [-0.2, -0.15) is 4.98 Å². The van der Waals surface area contributed by atoms with Crippen LogP contribution < -0.4 is 10.1 Å². The van der Waals surface area contributed by atoms with E-state index < -0.39 is 0 Å². The van der Waals surface area contributed by atoms with Gasteiger partial charge in [-0.25, -0.2) is 0 Å². The highest BCUT2D eigenvalue weighted by Crippen LogP contribution is 2.30. The second-order valence-electron chi connectivity index (χ2n) is 5.73. The van der Waals surface area contributed by atoms with Crippen LogP contribution in [0, 0.1) is 12.8 Å². The number of ether oxygens (including phenoxy) is 1. The van der Waals surface area contributed by atoms with Gasteiger partial charge in [0.05, 0.1) is 13.0 Å². The van der Waals surface area contributed by atoms with Gasteiger partial charge in [-0.1, -0.05) is 12.1 Å². The Balaban J connectivity index is 1.84. The molecule has 1 aromatic heterocycles. The Morgan fingerprint density at radius 1 is 1.41 bits per heavy atom. The molecule has 2 unspecified atom stereocenters. The summed E-state index contributed by atoms with van der Waals surface area (Å²) in [6, 6.07) is 5.77. The van der Waals surface area contributed by atoms with Crippen LogP contribution in [0.25, 0.3) is 11.4 Å². The van der Waals surface area contributed by atoms with E-state index in [1.165, 1.54) is 0 Å². The van der Waals surface area contributed by atoms with E-state index >= 15 is 0 Å². The van der Waals surface area contributed by atoms with Crippen molar-refractivity contribution in [3.05, 3.63) is 29.7 Å². The van der Waals surface area contributed by atoms with E-state index in [0.29, 0.717) is 24.7 Å². The van der Waals surface area contributed by atoms with Crippen molar-refractivity contribution in [2.75, 3.05) is 13.7 Å². The maximum Gasteiger partial charge on any atom is 0.232 e. The molecule has 0 spiro atoms. The second-order valence-corrected chi connectivity index (χ2v) is 5.73. The van der Waals surface area contributed by atoms with Crippen LogP contribution in [-0.4, -0.2) is 29.7 Å². The largest absolute Gasteiger partial charge is 0.496 e. The van der Waals surface area contributed by atoms with E-state index in [1.807, 2.05) is 32.0 Å². The number of methoxy groups -OCH3 is 1. The quantitative estimate of drug-likeness (QED) is 0.941. The molecule has 6 nitrogen and oxygen atoms in total. The molecule has 0 radical (unpaired) electrons. The molecule has 1 aromatic carbocycles. The van der Waals surface area contributed by atoms with Crippen LogP contribution in [0.5, 0.6) is 5.75 Å². The minimum atomic E-state index is 0.0679. The fourth-order valence-electron chi connectivity index (χ4n) is 2.78. The fraction of sp³-hybridized carbons (Fsp3) is 0.438. The standard InChI is InChI=1S/C16H19N3O3/c1-9-7-14(20)17-8-12(9)16-18-15(19-22-16)11-4-5-13(21-3)10(2)6-11/h4-6,9,12H,7-8H2,1-3H3,(H,17,20). The van der Waals surface area contributed by atoms with Gasteiger partial charge in [0.1, 0.15) is 5.75 Å². The maximum atomic E-state index is 11.4. The first-order valence-electron chi connectivity index (χ1n) is 7.34. The van der Waals surface area contributed by atoms with Gasteiger partial charge in [0, 0.05) is 18.5 Å². The molecule has 1 saturated heterocycles. The second kappa shape index (κ2) is 5.79. The summed E-state index contributed by atoms with van der Waals surface area (Å²) < 4.78 is 10.7. The molecule has 116 valence electrons. The molecule has 0 aliphatic carbocycles. The summed E-state index contributed by atoms with van der Waals surface area (Å²) in [7, 11) is 1.65. The zero-order valence-corrected chi connectivity index (χ0v) is 12.9. The molecular weight excluding hydrogens is 282 g/mol. The SMILES string of the molecule is COc1ccc(-c2noc(C3CNC(=O)CC3C)n2)cc1C. The van der Waals surface area contributed by atoms with Gasteiger partial charge in [-0.05, 0) is 36.6 Å². The molecule has 1 amide bonds. The molecule has 0 saturated carbocycles. The van der Waals surface area contributed by atoms with Crippen molar-refractivity contribution in [1.29, 1.82) is 0 Å². The van der Waals surface area contributed by atoms with Crippen LogP contribution in [0.2, 0.25) is 0 Å². The Labute approximate surface area is 128 Å². The normalized spacial score (nSPS) is 21.5. The highest BCUT2D eigenvalue weighted by Gasteiger charge is 2.31. The van der Waals surface area contributed by atoms with Crippen LogP contribution >= 0.6 is 0 Å². The summed E-state index contributed by atoms with van der Waals surface area (Å²) in [5.41, 5.74) is 1.91. The molecule has 2 atom stereocenters. The minimum absolute atomic E-state index is 0.0679. The number of amides is 1. The number of rotatable bonds is 3. The van der Waals surface area contributed by atoms with Crippen LogP contribution in [0.1, 0.15) is 30.7 Å². The summed E-state index contributed by atoms with van der Waals surface area (Å²) in [5.74, 6) is 2.31. The molecule has 2 heterocycles. The molecular formula is C16H19N3O3. The average Bonchev–Trinajstić information content (AvgIpc) is 2.96. The number of nitrogens with zero attached hydrogens (tertiary/aromatic N) is 2. The third-order valence-corrected chi connectivity index (χ3v) is 4.13. The molecule has 6 heteroatoms. The third-order valence-electron chi connectivity index (χ3n) is 4.13. The van der Waals surface area contributed by atoms with Crippen molar-refractivity contribution in [1.82, 2.24) is 15.5 Å². The van der Waals surface area contributed by atoms with Crippen molar-refractivity contribution in [3.8, 4) is 17.1 Å². The van der Waals surface area contributed by atoms with Gasteiger partial charge in [0.15, 0.2) is 0 Å². The van der Waals surface area contributed by atoms with Crippen LogP contribution in [0.3, 0.4) is 0 Å². The Morgan fingerprint density at radius 3 is 2.91 bits per heavy atom. The first-order valence-corrected chi connectivity index (χ1v) is 7.34. The van der Waals surface area contributed by atoms with Crippen LogP contribution in [0.15, 0.2) is 22.7 Å². The Bertz CT molecular complexity index is 696. The molecule has 2 aromatic rings. The smallest absolute Gasteiger partial charge is 0.232 e. The lowest BCUT2D eigenvalue weighted by molar-refractivity contribution is -0.123. The van der Waals surface area contributed by atoms with E-state index in [9.17, 15) is 4.79 Å². The zero-order chi connectivity index (χ0) is 15.7. The third kappa shape index (κ3) is 2.68. The number of hydrogen-bond acceptors (Lipinski definition) is 5. The molecule has 22 heavy (non-hydrogen) atoms. The lowest BCUT2D eigenvalue weighted by Crippen LogP contribution is -2.38. The summed E-state index contributed by atoms with van der Waals surface area (Å²) >= 11 is 0. The molecule has 0 bridgehead atoms. The molecule has 3 rings (SSSR count). The number of aryl methyl sites for hydroxylation is 1. The number of aromatic nitrogens is 2. The van der Waals surface area contributed by atoms with Crippen LogP contribution in [-0.2, 0) is 4.79 Å². The average molecular weight is 301 g/mol. The Morgan fingerprint density at radius 2 is 2.23 bits per heavy atom. The lowest BCUT2D eigenvalue weighted by atomic mass is 9.87. The minimum Gasteiger partial charge on any atom is -0.496 e. The summed E-state index contributed by atoms with van der Waals surface area (Å²) in [4.78, 5) is 15.9. The van der Waals surface area contributed by atoms with Gasteiger partial charge in [-0.3, -0.25) is 4.79 Å². The molecule has 1 fully saturated rings. The fourth-order valence-corrected chi connectivity index (χ4v) is 2.78. The lowest BCUT2D eigenvalue weighted by Gasteiger charge is -2.25. The van der Waals surface area contributed by atoms with E-state index in [4.69, 9.17) is 9.26 Å². The van der Waals surface area contributed by atoms with E-state index in [0.717, 1.165) is 16.9 Å². The van der Waals surface area contributed by atoms with Crippen LogP contribution in [0.4, 0.5) is 0 Å². The van der Waals surface area contributed by atoms with Gasteiger partial charge < -0.3 is 14.6 Å². The summed E-state index contributed by atoms with van der Waals surface area (Å²) in [5, 5.41) is 6.92. The highest BCUT2D eigenvalue weighted by atomic mass is 16.5. The van der Waals surface area contributed by atoms with Crippen molar-refractivity contribution in [3.63, 3.8) is 0 Å². The van der Waals surface area contributed by atoms with E-state index in [2.05, 4.69) is 15.5 Å². The van der Waals surface area contributed by atoms with Gasteiger partial charge in [0.2, 0.25) is 17.6 Å². The van der Waals surface area contributed by atoms with Crippen molar-refractivity contribution in [2.24, 2.45) is 5.92 Å². The number of carbonyl (C=O) groups excluding carboxylic acids is 1. The molecule has 1 aliphatic rings. The monoisotopic (exact) mass is 301 g/mol. The highest BCUT2D eigenvalue weighted by molar-refractivity contribution is 5.77. The van der Waals surface area contributed by atoms with Crippen molar-refractivity contribution in [2.45, 2.75) is 26.2 Å². The number of carbonyl (C=O) groups is 1. The summed E-state index contributed by atoms with van der Waals surface area (Å²) in [6.07, 6.45) is 0.490. The van der Waals surface area contributed by atoms with E-state index in [1.54, 1.807) is 7.11 Å². The van der Waals surface area contributed by atoms with Crippen molar-refractivity contribution >= 4 is 5.91 Å². The van der Waals surface area contributed by atoms with E-state index in [-0.39, 0.29) is 17.7 Å². The maximum absolute atomic E-state index is 11.4. The predicted octanol–water partition coefficient (Wildman–Crippen LogP) is 2.29. The molecule has 1 N–H and O–H groups in total. The summed E-state index contributed by atoms with van der Waals surface area (Å²) in [6.45, 7) is 4.55. The topological polar surface area (TPSA) is 77.3 Å². The first kappa shape index (κ1) is 14.6. The van der Waals surface area contributed by atoms with Gasteiger partial charge >= 0.3 is 0 Å². The number of nitrogens with one attached hydrogen (secondary N) is 1. The Kier molecular flexibility index (Phi) is 3.83.